The SMILES string of the molecule is CCCCCCCCCC(Cl)OCCOC(Cl)CCCCCCCCC. The minimum Gasteiger partial charge on any atom is -0.360 e. The fraction of sp³-hybridized carbons (Fsp3) is 1.00. The maximum absolute atomic E-state index is 6.20. The summed E-state index contributed by atoms with van der Waals surface area (Å²) in [4.78, 5) is 0. The molecule has 0 aliphatic heterocycles. The summed E-state index contributed by atoms with van der Waals surface area (Å²) < 4.78 is 11.2. The van der Waals surface area contributed by atoms with Gasteiger partial charge in [-0.1, -0.05) is 114 Å². The van der Waals surface area contributed by atoms with Crippen LogP contribution in [0.4, 0.5) is 0 Å². The summed E-state index contributed by atoms with van der Waals surface area (Å²) in [5, 5.41) is 0. The third kappa shape index (κ3) is 20.8. The quantitative estimate of drug-likeness (QED) is 0.139. The Morgan fingerprint density at radius 3 is 1.15 bits per heavy atom. The molecule has 0 aliphatic rings. The number of hydrogen-bond donors (Lipinski definition) is 0. The van der Waals surface area contributed by atoms with Gasteiger partial charge < -0.3 is 9.47 Å². The average molecular weight is 411 g/mol. The van der Waals surface area contributed by atoms with Gasteiger partial charge in [0, 0.05) is 0 Å². The van der Waals surface area contributed by atoms with Crippen LogP contribution < -0.4 is 0 Å². The minimum atomic E-state index is -0.189. The highest BCUT2D eigenvalue weighted by atomic mass is 35.5. The standard InChI is InChI=1S/C22H44Cl2O2/c1-3-5-7-9-11-13-15-17-21(23)25-19-20-26-22(24)18-16-14-12-10-8-6-4-2/h21-22H,3-20H2,1-2H3. The number of unbranched alkanes of at least 4 members (excludes halogenated alkanes) is 12. The molecule has 0 heterocycles. The monoisotopic (exact) mass is 410 g/mol. The second-order valence-electron chi connectivity index (χ2n) is 7.38. The van der Waals surface area contributed by atoms with Crippen molar-refractivity contribution >= 4 is 23.2 Å². The van der Waals surface area contributed by atoms with Gasteiger partial charge in [0.05, 0.1) is 13.2 Å². The van der Waals surface area contributed by atoms with E-state index >= 15 is 0 Å². The lowest BCUT2D eigenvalue weighted by molar-refractivity contribution is 0.0185. The van der Waals surface area contributed by atoms with E-state index in [9.17, 15) is 0 Å². The molecule has 0 spiro atoms. The summed E-state index contributed by atoms with van der Waals surface area (Å²) in [7, 11) is 0. The van der Waals surface area contributed by atoms with Crippen LogP contribution in [0.3, 0.4) is 0 Å². The summed E-state index contributed by atoms with van der Waals surface area (Å²) in [6.45, 7) is 5.57. The van der Waals surface area contributed by atoms with Crippen LogP contribution in [-0.2, 0) is 9.47 Å². The fourth-order valence-corrected chi connectivity index (χ4v) is 3.53. The van der Waals surface area contributed by atoms with Crippen molar-refractivity contribution in [1.29, 1.82) is 0 Å². The van der Waals surface area contributed by atoms with Crippen LogP contribution in [0.25, 0.3) is 0 Å². The zero-order valence-electron chi connectivity index (χ0n) is 17.5. The van der Waals surface area contributed by atoms with Crippen LogP contribution in [0.5, 0.6) is 0 Å². The van der Waals surface area contributed by atoms with Crippen LogP contribution in [0.2, 0.25) is 0 Å². The number of rotatable bonds is 21. The first-order valence-electron chi connectivity index (χ1n) is 11.2. The largest absolute Gasteiger partial charge is 0.360 e. The van der Waals surface area contributed by atoms with E-state index in [0.717, 1.165) is 25.7 Å². The van der Waals surface area contributed by atoms with Gasteiger partial charge in [0.2, 0.25) is 0 Å². The Morgan fingerprint density at radius 2 is 0.808 bits per heavy atom. The molecule has 0 bridgehead atoms. The molecule has 0 aliphatic carbocycles. The number of alkyl halides is 2. The summed E-state index contributed by atoms with van der Waals surface area (Å²) in [5.74, 6) is 0. The van der Waals surface area contributed by atoms with Gasteiger partial charge in [-0.05, 0) is 25.7 Å². The van der Waals surface area contributed by atoms with Gasteiger partial charge in [-0.2, -0.15) is 0 Å². The molecule has 2 atom stereocenters. The van der Waals surface area contributed by atoms with Gasteiger partial charge in [-0.3, -0.25) is 0 Å². The first-order valence-corrected chi connectivity index (χ1v) is 12.1. The van der Waals surface area contributed by atoms with Crippen LogP contribution in [0.1, 0.15) is 117 Å². The van der Waals surface area contributed by atoms with Crippen molar-refractivity contribution in [1.82, 2.24) is 0 Å². The summed E-state index contributed by atoms with van der Waals surface area (Å²) in [5.41, 5.74) is -0.378. The number of hydrogen-bond acceptors (Lipinski definition) is 2. The molecule has 0 N–H and O–H groups in total. The second kappa shape index (κ2) is 21.8. The molecular weight excluding hydrogens is 367 g/mol. The van der Waals surface area contributed by atoms with Crippen molar-refractivity contribution in [3.63, 3.8) is 0 Å². The highest BCUT2D eigenvalue weighted by Crippen LogP contribution is 2.15. The summed E-state index contributed by atoms with van der Waals surface area (Å²) in [6, 6.07) is 0. The molecule has 0 aromatic rings. The van der Waals surface area contributed by atoms with Crippen LogP contribution in [0, 0.1) is 0 Å². The van der Waals surface area contributed by atoms with Gasteiger partial charge in [-0.15, -0.1) is 0 Å². The highest BCUT2D eigenvalue weighted by molar-refractivity contribution is 6.19. The molecule has 0 amide bonds. The topological polar surface area (TPSA) is 18.5 Å². The molecule has 0 aromatic heterocycles. The van der Waals surface area contributed by atoms with Crippen molar-refractivity contribution in [3.8, 4) is 0 Å². The minimum absolute atomic E-state index is 0.189. The molecule has 2 unspecified atom stereocenters. The third-order valence-electron chi connectivity index (χ3n) is 4.75. The van der Waals surface area contributed by atoms with Gasteiger partial charge in [0.15, 0.2) is 0 Å². The molecule has 26 heavy (non-hydrogen) atoms. The number of halogens is 2. The molecule has 4 heteroatoms. The van der Waals surface area contributed by atoms with Crippen LogP contribution in [0.15, 0.2) is 0 Å². The Balaban J connectivity index is 3.28. The predicted molar refractivity (Wildman–Crippen MR) is 116 cm³/mol. The van der Waals surface area contributed by atoms with Crippen LogP contribution >= 0.6 is 23.2 Å². The summed E-state index contributed by atoms with van der Waals surface area (Å²) >= 11 is 12.4. The van der Waals surface area contributed by atoms with E-state index in [1.165, 1.54) is 77.0 Å². The first kappa shape index (κ1) is 26.5. The lowest BCUT2D eigenvalue weighted by Gasteiger charge is -2.14. The fourth-order valence-electron chi connectivity index (χ4n) is 3.04. The highest BCUT2D eigenvalue weighted by Gasteiger charge is 2.07. The van der Waals surface area contributed by atoms with Crippen molar-refractivity contribution in [2.45, 2.75) is 128 Å². The van der Waals surface area contributed by atoms with E-state index in [2.05, 4.69) is 13.8 Å². The van der Waals surface area contributed by atoms with E-state index in [1.54, 1.807) is 0 Å². The predicted octanol–water partition coefficient (Wildman–Crippen LogP) is 8.43. The van der Waals surface area contributed by atoms with Crippen molar-refractivity contribution in [3.05, 3.63) is 0 Å². The van der Waals surface area contributed by atoms with E-state index in [0.29, 0.717) is 13.2 Å². The molecule has 0 radical (unpaired) electrons. The van der Waals surface area contributed by atoms with Gasteiger partial charge in [-0.25, -0.2) is 0 Å². The Bertz CT molecular complexity index is 239. The third-order valence-corrected chi connectivity index (χ3v) is 5.44. The lowest BCUT2D eigenvalue weighted by Crippen LogP contribution is -2.14. The van der Waals surface area contributed by atoms with E-state index in [1.807, 2.05) is 0 Å². The van der Waals surface area contributed by atoms with Gasteiger partial charge >= 0.3 is 0 Å². The average Bonchev–Trinajstić information content (AvgIpc) is 2.64. The smallest absolute Gasteiger partial charge is 0.131 e. The Morgan fingerprint density at radius 1 is 0.500 bits per heavy atom. The molecular formula is C22H44Cl2O2. The maximum Gasteiger partial charge on any atom is 0.131 e. The molecule has 0 saturated carbocycles. The van der Waals surface area contributed by atoms with Crippen molar-refractivity contribution in [2.75, 3.05) is 13.2 Å². The van der Waals surface area contributed by atoms with E-state index < -0.39 is 0 Å². The van der Waals surface area contributed by atoms with Crippen molar-refractivity contribution < 1.29 is 9.47 Å². The van der Waals surface area contributed by atoms with E-state index in [-0.39, 0.29) is 11.1 Å². The molecule has 2 nitrogen and oxygen atoms in total. The van der Waals surface area contributed by atoms with E-state index in [4.69, 9.17) is 32.7 Å². The summed E-state index contributed by atoms with van der Waals surface area (Å²) in [6.07, 6.45) is 20.1. The zero-order valence-corrected chi connectivity index (χ0v) is 19.0. The molecule has 0 aromatic carbocycles. The number of ether oxygens (including phenoxy) is 2. The normalized spacial score (nSPS) is 13.8. The molecule has 158 valence electrons. The molecule has 0 rings (SSSR count). The first-order chi connectivity index (χ1) is 12.7. The van der Waals surface area contributed by atoms with Crippen LogP contribution in [-0.4, -0.2) is 24.3 Å². The van der Waals surface area contributed by atoms with Gasteiger partial charge in [0.25, 0.3) is 0 Å². The van der Waals surface area contributed by atoms with Crippen molar-refractivity contribution in [2.24, 2.45) is 0 Å². The van der Waals surface area contributed by atoms with Gasteiger partial charge in [0.1, 0.15) is 11.1 Å². The Labute approximate surface area is 173 Å². The molecule has 0 fully saturated rings. The zero-order chi connectivity index (χ0) is 19.3. The Hall–Kier alpha value is 0.500. The molecule has 0 saturated heterocycles. The maximum atomic E-state index is 6.20. The lowest BCUT2D eigenvalue weighted by atomic mass is 10.1. The Kier molecular flexibility index (Phi) is 22.2. The second-order valence-corrected chi connectivity index (χ2v) is 8.36.